The third-order valence-corrected chi connectivity index (χ3v) is 11.8. The first-order chi connectivity index (χ1) is 24.3. The van der Waals surface area contributed by atoms with Crippen molar-refractivity contribution in [3.8, 4) is 28.0 Å². The van der Waals surface area contributed by atoms with Gasteiger partial charge >= 0.3 is 5.89 Å². The quantitative estimate of drug-likeness (QED) is 0.0926. The zero-order chi connectivity index (χ0) is 36.3. The molecule has 0 spiro atoms. The summed E-state index contributed by atoms with van der Waals surface area (Å²) in [7, 11) is -8.47. The highest BCUT2D eigenvalue weighted by Crippen LogP contribution is 2.42. The average molecular weight is 730 g/mol. The molecule has 0 aliphatic carbocycles. The number of rotatable bonds is 13. The minimum atomic E-state index is -4.24. The number of anilines is 1. The smallest absolute Gasteiger partial charge is 0.352 e. The van der Waals surface area contributed by atoms with Crippen LogP contribution in [0.4, 0.5) is 5.69 Å². The molecule has 6 rings (SSSR count). The fraction of sp³-hybridized carbons (Fsp3) is 0.256. The molecule has 0 fully saturated rings. The van der Waals surface area contributed by atoms with Crippen molar-refractivity contribution in [3.05, 3.63) is 127 Å². The predicted molar refractivity (Wildman–Crippen MR) is 198 cm³/mol. The summed E-state index contributed by atoms with van der Waals surface area (Å²) in [5.41, 5.74) is 7.00. The topological polar surface area (TPSA) is 138 Å². The molecule has 2 N–H and O–H groups in total. The van der Waals surface area contributed by atoms with Crippen molar-refractivity contribution in [2.75, 3.05) is 11.4 Å². The maximum absolute atomic E-state index is 11.9. The van der Waals surface area contributed by atoms with E-state index < -0.39 is 30.7 Å². The number of fused-ring (bicyclic) bond motifs is 2. The van der Waals surface area contributed by atoms with Crippen LogP contribution in [0.25, 0.3) is 33.4 Å². The molecule has 266 valence electrons. The van der Waals surface area contributed by atoms with E-state index in [-0.39, 0.29) is 25.9 Å². The number of nitrogens with zero attached hydrogens (tertiary/aromatic N) is 2. The first-order valence-corrected chi connectivity index (χ1v) is 19.8. The summed E-state index contributed by atoms with van der Waals surface area (Å²) in [6.45, 7) is 5.38. The van der Waals surface area contributed by atoms with Gasteiger partial charge in [0.05, 0.1) is 22.6 Å². The second-order valence-corrected chi connectivity index (χ2v) is 16.4. The minimum absolute atomic E-state index is 0.152. The van der Waals surface area contributed by atoms with Crippen molar-refractivity contribution < 1.29 is 39.7 Å². The third-order valence-electron chi connectivity index (χ3n) is 9.29. The Morgan fingerprint density at radius 1 is 0.784 bits per heavy atom. The van der Waals surface area contributed by atoms with Crippen molar-refractivity contribution >= 4 is 37.0 Å². The Balaban J connectivity index is 1.36. The maximum atomic E-state index is 11.9. The van der Waals surface area contributed by atoms with Crippen molar-refractivity contribution in [3.63, 3.8) is 0 Å². The lowest BCUT2D eigenvalue weighted by molar-refractivity contribution is -0.684. The number of aromatic nitrogens is 1. The van der Waals surface area contributed by atoms with Crippen molar-refractivity contribution in [1.82, 2.24) is 0 Å². The van der Waals surface area contributed by atoms with E-state index in [0.717, 1.165) is 39.0 Å². The van der Waals surface area contributed by atoms with Crippen LogP contribution < -0.4 is 14.2 Å². The van der Waals surface area contributed by atoms with Crippen LogP contribution >= 0.6 is 0 Å². The van der Waals surface area contributed by atoms with Gasteiger partial charge in [-0.3, -0.25) is 9.11 Å². The van der Waals surface area contributed by atoms with Crippen LogP contribution in [-0.4, -0.2) is 43.0 Å². The lowest BCUT2D eigenvalue weighted by atomic mass is 10.0. The molecule has 1 aromatic heterocycles. The fourth-order valence-corrected chi connectivity index (χ4v) is 6.86. The predicted octanol–water partition coefficient (Wildman–Crippen LogP) is 7.62. The Morgan fingerprint density at radius 3 is 1.98 bits per heavy atom. The summed E-state index contributed by atoms with van der Waals surface area (Å²) in [4.78, 5) is 1.92. The van der Waals surface area contributed by atoms with Gasteiger partial charge in [0.25, 0.3) is 25.8 Å². The third kappa shape index (κ3) is 8.26. The standard InChI is InChI=1S/C39H40N2O8S2/c1-4-29(23-38-40(21-19-27(2)50(42,43)44)34-25-32(15-17-36(34)48-38)30-11-7-5-8-12-30)24-39-41(22-20-28(3)51(45,46)47)35-26-33(16-18-37(35)49-39)31-13-9-6-10-14-31/h4-18,23,25-28H,19-22,24H2,1-3H3,(H-,42,43,44,45,46,47)/p+1/b29-4+,38-23-. The molecule has 12 heteroatoms. The van der Waals surface area contributed by atoms with Gasteiger partial charge < -0.3 is 14.1 Å². The maximum Gasteiger partial charge on any atom is 0.352 e. The van der Waals surface area contributed by atoms with Gasteiger partial charge in [-0.25, -0.2) is 0 Å². The molecule has 1 aliphatic rings. The molecule has 0 amide bonds. The number of ether oxygens (including phenoxy) is 1. The summed E-state index contributed by atoms with van der Waals surface area (Å²) in [5.74, 6) is 1.68. The summed E-state index contributed by atoms with van der Waals surface area (Å²) < 4.78 is 81.8. The molecule has 10 nitrogen and oxygen atoms in total. The zero-order valence-electron chi connectivity index (χ0n) is 28.6. The van der Waals surface area contributed by atoms with Gasteiger partial charge in [-0.1, -0.05) is 78.9 Å². The normalized spacial score (nSPS) is 15.6. The van der Waals surface area contributed by atoms with E-state index in [1.165, 1.54) is 13.8 Å². The molecule has 1 aliphatic heterocycles. The van der Waals surface area contributed by atoms with E-state index in [0.29, 0.717) is 29.5 Å². The molecule has 5 aromatic rings. The molecule has 0 radical (unpaired) electrons. The number of hydrogen-bond acceptors (Lipinski definition) is 7. The van der Waals surface area contributed by atoms with Crippen LogP contribution in [0.2, 0.25) is 0 Å². The monoisotopic (exact) mass is 729 g/mol. The van der Waals surface area contributed by atoms with Gasteiger partial charge in [-0.05, 0) is 73.2 Å². The molecule has 2 unspecified atom stereocenters. The van der Waals surface area contributed by atoms with Crippen LogP contribution in [0.5, 0.6) is 5.75 Å². The van der Waals surface area contributed by atoms with Crippen molar-refractivity contribution in [1.29, 1.82) is 0 Å². The van der Waals surface area contributed by atoms with E-state index >= 15 is 0 Å². The molecule has 2 atom stereocenters. The van der Waals surface area contributed by atoms with E-state index in [1.807, 2.05) is 126 Å². The Labute approximate surface area is 298 Å². The second-order valence-electron chi connectivity index (χ2n) is 12.7. The number of hydrogen-bond donors (Lipinski definition) is 2. The summed E-state index contributed by atoms with van der Waals surface area (Å²) >= 11 is 0. The highest BCUT2D eigenvalue weighted by Gasteiger charge is 2.31. The van der Waals surface area contributed by atoms with Crippen LogP contribution in [-0.2, 0) is 33.2 Å². The Kier molecular flexibility index (Phi) is 10.5. The van der Waals surface area contributed by atoms with Crippen LogP contribution in [0, 0.1) is 0 Å². The van der Waals surface area contributed by atoms with E-state index in [4.69, 9.17) is 9.15 Å². The Morgan fingerprint density at radius 2 is 1.37 bits per heavy atom. The first kappa shape index (κ1) is 36.1. The van der Waals surface area contributed by atoms with Gasteiger partial charge in [-0.2, -0.15) is 21.4 Å². The van der Waals surface area contributed by atoms with Crippen molar-refractivity contribution in [2.45, 2.75) is 57.1 Å². The molecule has 0 bridgehead atoms. The Bertz CT molecular complexity index is 2320. The van der Waals surface area contributed by atoms with Gasteiger partial charge in [-0.15, -0.1) is 0 Å². The first-order valence-electron chi connectivity index (χ1n) is 16.8. The molecular weight excluding hydrogens is 689 g/mol. The molecular formula is C39H41N2O8S2+. The van der Waals surface area contributed by atoms with E-state index in [1.54, 1.807) is 0 Å². The lowest BCUT2D eigenvalue weighted by Gasteiger charge is -2.20. The summed E-state index contributed by atoms with van der Waals surface area (Å²) in [5, 5.41) is -1.96. The van der Waals surface area contributed by atoms with Crippen LogP contribution in [0.15, 0.2) is 125 Å². The highest BCUT2D eigenvalue weighted by molar-refractivity contribution is 7.86. The number of oxazole rings is 1. The average Bonchev–Trinajstić information content (AvgIpc) is 3.64. The highest BCUT2D eigenvalue weighted by atomic mass is 32.2. The summed E-state index contributed by atoms with van der Waals surface area (Å²) in [6.07, 6.45) is 4.45. The van der Waals surface area contributed by atoms with Crippen LogP contribution in [0.1, 0.15) is 39.5 Å². The zero-order valence-corrected chi connectivity index (χ0v) is 30.3. The number of allylic oxidation sites excluding steroid dienone is 3. The largest absolute Gasteiger partial charge is 0.439 e. The SMILES string of the molecule is C/C=C(\C=C1/Oc2ccc(-c3ccccc3)cc2N1CCC(C)S(=O)(=O)O)Cc1oc2ccc(-c3ccccc3)cc2[n+]1CCC(C)S(=O)(=O)O. The number of benzene rings is 4. The van der Waals surface area contributed by atoms with Gasteiger partial charge in [0, 0.05) is 25.1 Å². The second kappa shape index (κ2) is 14.8. The van der Waals surface area contributed by atoms with Gasteiger partial charge in [0.2, 0.25) is 11.5 Å². The lowest BCUT2D eigenvalue weighted by Crippen LogP contribution is -2.39. The minimum Gasteiger partial charge on any atom is -0.439 e. The van der Waals surface area contributed by atoms with E-state index in [2.05, 4.69) is 0 Å². The van der Waals surface area contributed by atoms with Gasteiger partial charge in [0.15, 0.2) is 12.3 Å². The molecule has 4 aromatic carbocycles. The molecule has 0 saturated carbocycles. The molecule has 2 heterocycles. The fourth-order valence-electron chi connectivity index (χ4n) is 6.06. The van der Waals surface area contributed by atoms with Crippen molar-refractivity contribution in [2.24, 2.45) is 0 Å². The molecule has 0 saturated heterocycles. The van der Waals surface area contributed by atoms with Crippen LogP contribution in [0.3, 0.4) is 0 Å². The Hall–Kier alpha value is -4.75. The number of aryl methyl sites for hydroxylation is 1. The summed E-state index contributed by atoms with van der Waals surface area (Å²) in [6, 6.07) is 31.6. The molecule has 51 heavy (non-hydrogen) atoms. The van der Waals surface area contributed by atoms with Gasteiger partial charge in [0.1, 0.15) is 0 Å². The van der Waals surface area contributed by atoms with E-state index in [9.17, 15) is 25.9 Å².